The van der Waals surface area contributed by atoms with Crippen LogP contribution < -0.4 is 5.32 Å². The predicted octanol–water partition coefficient (Wildman–Crippen LogP) is 1.58. The standard InChI is InChI=1S/C10H18N2O3.C6H7N/c1-3-4-10(14)15-12-7-5-11(6-8-12)9(2)13;1-2-4-6-7-5-3-1/h3-8H2,1-2H3;1-7H. The molecule has 2 aliphatic rings. The van der Waals surface area contributed by atoms with Gasteiger partial charge in [0.05, 0.1) is 13.1 Å². The van der Waals surface area contributed by atoms with Crippen molar-refractivity contribution in [2.75, 3.05) is 26.2 Å². The fourth-order valence-electron chi connectivity index (χ4n) is 1.89. The monoisotopic (exact) mass is 307 g/mol. The topological polar surface area (TPSA) is 61.9 Å². The van der Waals surface area contributed by atoms with E-state index < -0.39 is 0 Å². The summed E-state index contributed by atoms with van der Waals surface area (Å²) in [6.07, 6.45) is 12.8. The zero-order valence-corrected chi connectivity index (χ0v) is 13.3. The van der Waals surface area contributed by atoms with Gasteiger partial charge in [0.15, 0.2) is 0 Å². The van der Waals surface area contributed by atoms with E-state index in [-0.39, 0.29) is 11.9 Å². The van der Waals surface area contributed by atoms with Gasteiger partial charge in [-0.3, -0.25) is 9.59 Å². The van der Waals surface area contributed by atoms with Crippen LogP contribution in [0.15, 0.2) is 36.7 Å². The van der Waals surface area contributed by atoms with E-state index in [9.17, 15) is 9.59 Å². The summed E-state index contributed by atoms with van der Waals surface area (Å²) in [7, 11) is 0. The molecule has 1 N–H and O–H groups in total. The summed E-state index contributed by atoms with van der Waals surface area (Å²) in [6, 6.07) is 0. The van der Waals surface area contributed by atoms with Crippen molar-refractivity contribution in [3.8, 4) is 0 Å². The first kappa shape index (κ1) is 18.0. The Kier molecular flexibility index (Phi) is 8.67. The van der Waals surface area contributed by atoms with Gasteiger partial charge in [0.2, 0.25) is 5.91 Å². The van der Waals surface area contributed by atoms with Crippen LogP contribution in [0, 0.1) is 0 Å². The molecule has 0 aromatic rings. The van der Waals surface area contributed by atoms with Gasteiger partial charge in [-0.05, 0) is 18.6 Å². The van der Waals surface area contributed by atoms with Crippen LogP contribution in [-0.2, 0) is 14.4 Å². The molecule has 2 aliphatic heterocycles. The average molecular weight is 307 g/mol. The summed E-state index contributed by atoms with van der Waals surface area (Å²) in [5.74, 6) is -0.108. The van der Waals surface area contributed by atoms with E-state index >= 15 is 0 Å². The molecule has 0 spiro atoms. The minimum Gasteiger partial charge on any atom is -0.368 e. The predicted molar refractivity (Wildman–Crippen MR) is 85.4 cm³/mol. The Hall–Kier alpha value is -2.08. The molecule has 2 heterocycles. The number of nitrogens with one attached hydrogen (secondary N) is 1. The second-order valence-corrected chi connectivity index (χ2v) is 4.92. The molecule has 0 radical (unpaired) electrons. The molecule has 22 heavy (non-hydrogen) atoms. The molecule has 1 saturated heterocycles. The molecule has 122 valence electrons. The van der Waals surface area contributed by atoms with Gasteiger partial charge in [-0.15, -0.1) is 5.06 Å². The van der Waals surface area contributed by atoms with Crippen molar-refractivity contribution >= 4 is 11.9 Å². The van der Waals surface area contributed by atoms with Crippen molar-refractivity contribution < 1.29 is 14.4 Å². The molecule has 1 fully saturated rings. The zero-order chi connectivity index (χ0) is 16.2. The van der Waals surface area contributed by atoms with Crippen LogP contribution in [-0.4, -0.2) is 48.0 Å². The summed E-state index contributed by atoms with van der Waals surface area (Å²) < 4.78 is 0. The Balaban J connectivity index is 0.000000287. The van der Waals surface area contributed by atoms with E-state index in [4.69, 9.17) is 4.84 Å². The summed E-state index contributed by atoms with van der Waals surface area (Å²) in [4.78, 5) is 29.1. The van der Waals surface area contributed by atoms with Crippen LogP contribution in [0.25, 0.3) is 0 Å². The SMILES string of the molecule is C1=CC=CNC=C1.CCCC(=O)ON1CCN(C(C)=O)CC1. The first-order valence-corrected chi connectivity index (χ1v) is 7.59. The highest BCUT2D eigenvalue weighted by Crippen LogP contribution is 2.04. The van der Waals surface area contributed by atoms with Crippen LogP contribution in [0.1, 0.15) is 26.7 Å². The minimum absolute atomic E-state index is 0.0783. The van der Waals surface area contributed by atoms with Gasteiger partial charge in [0.1, 0.15) is 0 Å². The van der Waals surface area contributed by atoms with Gasteiger partial charge in [-0.2, -0.15) is 0 Å². The summed E-state index contributed by atoms with van der Waals surface area (Å²) >= 11 is 0. The van der Waals surface area contributed by atoms with Crippen molar-refractivity contribution in [1.29, 1.82) is 0 Å². The lowest BCUT2D eigenvalue weighted by Crippen LogP contribution is -2.48. The Morgan fingerprint density at radius 3 is 2.14 bits per heavy atom. The molecule has 0 saturated carbocycles. The molecule has 0 atom stereocenters. The Morgan fingerprint density at radius 1 is 1.05 bits per heavy atom. The van der Waals surface area contributed by atoms with Crippen LogP contribution in [0.5, 0.6) is 0 Å². The van der Waals surface area contributed by atoms with Crippen LogP contribution in [0.3, 0.4) is 0 Å². The zero-order valence-electron chi connectivity index (χ0n) is 13.3. The van der Waals surface area contributed by atoms with E-state index in [0.29, 0.717) is 32.6 Å². The number of piperazine rings is 1. The lowest BCUT2D eigenvalue weighted by Gasteiger charge is -2.32. The summed E-state index contributed by atoms with van der Waals surface area (Å²) in [5, 5.41) is 4.56. The molecular formula is C16H25N3O3. The third-order valence-corrected chi connectivity index (χ3v) is 3.09. The van der Waals surface area contributed by atoms with Crippen molar-refractivity contribution in [3.63, 3.8) is 0 Å². The average Bonchev–Trinajstić information content (AvgIpc) is 2.81. The molecule has 6 nitrogen and oxygen atoms in total. The fourth-order valence-corrected chi connectivity index (χ4v) is 1.89. The highest BCUT2D eigenvalue weighted by molar-refractivity contribution is 5.73. The maximum atomic E-state index is 11.2. The third kappa shape index (κ3) is 7.64. The van der Waals surface area contributed by atoms with Crippen LogP contribution >= 0.6 is 0 Å². The summed E-state index contributed by atoms with van der Waals surface area (Å²) in [5.41, 5.74) is 0. The van der Waals surface area contributed by atoms with E-state index in [0.717, 1.165) is 6.42 Å². The van der Waals surface area contributed by atoms with E-state index in [2.05, 4.69) is 5.32 Å². The minimum atomic E-state index is -0.186. The van der Waals surface area contributed by atoms with Gasteiger partial charge in [0.25, 0.3) is 0 Å². The van der Waals surface area contributed by atoms with Gasteiger partial charge < -0.3 is 15.1 Å². The molecule has 0 bridgehead atoms. The maximum Gasteiger partial charge on any atom is 0.325 e. The van der Waals surface area contributed by atoms with Gasteiger partial charge in [0, 0.05) is 38.8 Å². The Bertz CT molecular complexity index is 422. The van der Waals surface area contributed by atoms with Gasteiger partial charge in [-0.1, -0.05) is 19.1 Å². The lowest BCUT2D eigenvalue weighted by atomic mass is 10.3. The van der Waals surface area contributed by atoms with Crippen molar-refractivity contribution in [2.24, 2.45) is 0 Å². The van der Waals surface area contributed by atoms with E-state index in [1.807, 2.05) is 43.6 Å². The number of amides is 1. The number of carbonyl (C=O) groups is 2. The largest absolute Gasteiger partial charge is 0.368 e. The molecule has 2 rings (SSSR count). The number of carbonyl (C=O) groups excluding carboxylic acids is 2. The summed E-state index contributed by atoms with van der Waals surface area (Å²) in [6.45, 7) is 5.97. The highest BCUT2D eigenvalue weighted by atomic mass is 16.7. The van der Waals surface area contributed by atoms with Crippen molar-refractivity contribution in [1.82, 2.24) is 15.3 Å². The molecule has 0 unspecified atom stereocenters. The Morgan fingerprint density at radius 2 is 1.64 bits per heavy atom. The van der Waals surface area contributed by atoms with E-state index in [1.165, 1.54) is 0 Å². The fraction of sp³-hybridized carbons (Fsp3) is 0.500. The van der Waals surface area contributed by atoms with Crippen molar-refractivity contribution in [3.05, 3.63) is 36.7 Å². The second-order valence-electron chi connectivity index (χ2n) is 4.92. The van der Waals surface area contributed by atoms with Gasteiger partial charge in [-0.25, -0.2) is 0 Å². The van der Waals surface area contributed by atoms with Crippen LogP contribution in [0.4, 0.5) is 0 Å². The molecule has 0 aromatic carbocycles. The molecule has 6 heteroatoms. The second kappa shape index (κ2) is 10.6. The first-order chi connectivity index (χ1) is 10.6. The smallest absolute Gasteiger partial charge is 0.325 e. The number of hydrogen-bond acceptors (Lipinski definition) is 5. The number of hydroxylamine groups is 2. The highest BCUT2D eigenvalue weighted by Gasteiger charge is 2.20. The van der Waals surface area contributed by atoms with E-state index in [1.54, 1.807) is 16.9 Å². The normalized spacial score (nSPS) is 17.1. The molecule has 0 aromatic heterocycles. The van der Waals surface area contributed by atoms with Crippen LogP contribution in [0.2, 0.25) is 0 Å². The molecular weight excluding hydrogens is 282 g/mol. The lowest BCUT2D eigenvalue weighted by molar-refractivity contribution is -0.197. The van der Waals surface area contributed by atoms with Gasteiger partial charge >= 0.3 is 5.97 Å². The number of hydrogen-bond donors (Lipinski definition) is 1. The third-order valence-electron chi connectivity index (χ3n) is 3.09. The quantitative estimate of drug-likeness (QED) is 0.858. The Labute approximate surface area is 132 Å². The number of nitrogens with zero attached hydrogens (tertiary/aromatic N) is 2. The molecule has 1 amide bonds. The number of allylic oxidation sites excluding steroid dienone is 4. The van der Waals surface area contributed by atoms with Crippen molar-refractivity contribution in [2.45, 2.75) is 26.7 Å². The first-order valence-electron chi connectivity index (χ1n) is 7.59. The number of rotatable bonds is 3. The molecule has 0 aliphatic carbocycles. The maximum absolute atomic E-state index is 11.2.